The van der Waals surface area contributed by atoms with Gasteiger partial charge in [0.05, 0.1) is 5.38 Å². The lowest BCUT2D eigenvalue weighted by atomic mass is 10.2. The molecular weight excluding hydrogens is 200 g/mol. The molecule has 0 aromatic heterocycles. The monoisotopic (exact) mass is 206 g/mol. The van der Waals surface area contributed by atoms with Gasteiger partial charge in [0.1, 0.15) is 0 Å². The predicted molar refractivity (Wildman–Crippen MR) is 34.3 cm³/mol. The molecule has 2 atom stereocenters. The van der Waals surface area contributed by atoms with Crippen molar-refractivity contribution in [1.29, 1.82) is 0 Å². The maximum atomic E-state index is 11.9. The predicted octanol–water partition coefficient (Wildman–Crippen LogP) is 2.24. The third-order valence-electron chi connectivity index (χ3n) is 0.968. The van der Waals surface area contributed by atoms with E-state index in [1.165, 1.54) is 0 Å². The van der Waals surface area contributed by atoms with Crippen LogP contribution in [0.1, 0.15) is 6.92 Å². The molecule has 0 aliphatic heterocycles. The van der Waals surface area contributed by atoms with Crippen LogP contribution >= 0.6 is 11.6 Å². The Morgan fingerprint density at radius 1 is 1.58 bits per heavy atom. The highest BCUT2D eigenvalue weighted by Gasteiger charge is 2.46. The van der Waals surface area contributed by atoms with Gasteiger partial charge in [-0.15, -0.1) is 11.6 Å². The van der Waals surface area contributed by atoms with Crippen LogP contribution in [0.5, 0.6) is 0 Å². The maximum Gasteiger partial charge on any atom is 0.506 e. The van der Waals surface area contributed by atoms with Gasteiger partial charge >= 0.3 is 12.3 Å². The van der Waals surface area contributed by atoms with Crippen molar-refractivity contribution < 1.29 is 27.8 Å². The van der Waals surface area contributed by atoms with E-state index in [9.17, 15) is 18.0 Å². The van der Waals surface area contributed by atoms with Crippen molar-refractivity contribution in [2.24, 2.45) is 0 Å². The van der Waals surface area contributed by atoms with Gasteiger partial charge in [0.15, 0.2) is 0 Å². The molecule has 0 amide bonds. The minimum Gasteiger partial charge on any atom is -0.450 e. The molecule has 0 rings (SSSR count). The molecule has 0 aromatic rings. The molecule has 0 fully saturated rings. The van der Waals surface area contributed by atoms with Crippen LogP contribution in [0.15, 0.2) is 0 Å². The van der Waals surface area contributed by atoms with E-state index in [0.717, 1.165) is 6.92 Å². The largest absolute Gasteiger partial charge is 0.506 e. The third-order valence-corrected chi connectivity index (χ3v) is 1.20. The number of ether oxygens (including phenoxy) is 1. The molecule has 2 unspecified atom stereocenters. The summed E-state index contributed by atoms with van der Waals surface area (Å²) in [6.45, 7) is 1.00. The molecule has 3 nitrogen and oxygen atoms in total. The fraction of sp³-hybridized carbons (Fsp3) is 0.800. The van der Waals surface area contributed by atoms with Gasteiger partial charge in [-0.3, -0.25) is 0 Å². The molecule has 0 aromatic carbocycles. The minimum absolute atomic E-state index is 1.00. The third kappa shape index (κ3) is 3.66. The summed E-state index contributed by atoms with van der Waals surface area (Å²) in [5, 5.41) is 6.47. The number of halogens is 4. The highest BCUT2D eigenvalue weighted by molar-refractivity contribution is 6.20. The van der Waals surface area contributed by atoms with Crippen LogP contribution in [-0.4, -0.2) is 28.9 Å². The van der Waals surface area contributed by atoms with Gasteiger partial charge in [-0.1, -0.05) is 0 Å². The number of hydrogen-bond donors (Lipinski definition) is 1. The van der Waals surface area contributed by atoms with E-state index in [1.54, 1.807) is 0 Å². The first-order chi connectivity index (χ1) is 5.25. The molecule has 7 heteroatoms. The van der Waals surface area contributed by atoms with E-state index in [2.05, 4.69) is 4.74 Å². The summed E-state index contributed by atoms with van der Waals surface area (Å²) in [5.41, 5.74) is 0. The molecule has 0 spiro atoms. The number of carbonyl (C=O) groups is 1. The van der Waals surface area contributed by atoms with Gasteiger partial charge in [-0.25, -0.2) is 4.79 Å². The quantitative estimate of drug-likeness (QED) is 0.557. The van der Waals surface area contributed by atoms with Crippen LogP contribution in [0.25, 0.3) is 0 Å². The Bertz CT molecular complexity index is 168. The molecule has 0 bridgehead atoms. The van der Waals surface area contributed by atoms with Gasteiger partial charge in [0, 0.05) is 0 Å². The number of hydrogen-bond acceptors (Lipinski definition) is 2. The number of carboxylic acid groups (broad SMARTS) is 1. The molecular formula is C5H6ClF3O3. The topological polar surface area (TPSA) is 46.5 Å². The highest BCUT2D eigenvalue weighted by atomic mass is 35.5. The summed E-state index contributed by atoms with van der Waals surface area (Å²) in [6.07, 6.45) is -9.24. The van der Waals surface area contributed by atoms with Gasteiger partial charge in [-0.2, -0.15) is 13.2 Å². The van der Waals surface area contributed by atoms with E-state index in [4.69, 9.17) is 16.7 Å². The average molecular weight is 207 g/mol. The van der Waals surface area contributed by atoms with Gasteiger partial charge < -0.3 is 9.84 Å². The van der Waals surface area contributed by atoms with E-state index in [1.807, 2.05) is 0 Å². The SMILES string of the molecule is CC(Cl)C(OC(=O)O)C(F)(F)F. The summed E-state index contributed by atoms with van der Waals surface area (Å²) < 4.78 is 39.1. The Balaban J connectivity index is 4.35. The standard InChI is InChI=1S/C5H6ClF3O3/c1-2(6)3(5(7,8)9)12-4(10)11/h2-3H,1H3,(H,10,11). The number of rotatable bonds is 2. The van der Waals surface area contributed by atoms with Crippen molar-refractivity contribution >= 4 is 17.8 Å². The molecule has 72 valence electrons. The fourth-order valence-electron chi connectivity index (χ4n) is 0.530. The summed E-state index contributed by atoms with van der Waals surface area (Å²) in [4.78, 5) is 9.78. The van der Waals surface area contributed by atoms with Crippen LogP contribution in [0.2, 0.25) is 0 Å². The Hall–Kier alpha value is -0.650. The van der Waals surface area contributed by atoms with Crippen molar-refractivity contribution in [3.63, 3.8) is 0 Å². The van der Waals surface area contributed by atoms with Crippen LogP contribution in [-0.2, 0) is 4.74 Å². The first-order valence-electron chi connectivity index (χ1n) is 2.85. The van der Waals surface area contributed by atoms with Crippen LogP contribution in [0, 0.1) is 0 Å². The van der Waals surface area contributed by atoms with E-state index >= 15 is 0 Å². The van der Waals surface area contributed by atoms with E-state index in [-0.39, 0.29) is 0 Å². The van der Waals surface area contributed by atoms with E-state index < -0.39 is 23.8 Å². The van der Waals surface area contributed by atoms with Crippen molar-refractivity contribution in [3.8, 4) is 0 Å². The maximum absolute atomic E-state index is 11.9. The molecule has 0 aliphatic rings. The summed E-state index contributed by atoms with van der Waals surface area (Å²) in [5.74, 6) is 0. The molecule has 1 N–H and O–H groups in total. The van der Waals surface area contributed by atoms with Crippen LogP contribution in [0.3, 0.4) is 0 Å². The summed E-state index contributed by atoms with van der Waals surface area (Å²) >= 11 is 5.06. The molecule has 0 saturated heterocycles. The molecule has 0 heterocycles. The van der Waals surface area contributed by atoms with Gasteiger partial charge in [0.25, 0.3) is 0 Å². The lowest BCUT2D eigenvalue weighted by Crippen LogP contribution is -2.39. The molecule has 12 heavy (non-hydrogen) atoms. The Morgan fingerprint density at radius 3 is 2.08 bits per heavy atom. The second kappa shape index (κ2) is 3.84. The van der Waals surface area contributed by atoms with Crippen molar-refractivity contribution in [2.45, 2.75) is 24.6 Å². The number of alkyl halides is 4. The van der Waals surface area contributed by atoms with Crippen molar-refractivity contribution in [3.05, 3.63) is 0 Å². The van der Waals surface area contributed by atoms with Crippen molar-refractivity contribution in [1.82, 2.24) is 0 Å². The second-order valence-electron chi connectivity index (χ2n) is 2.02. The van der Waals surface area contributed by atoms with Crippen molar-refractivity contribution in [2.75, 3.05) is 0 Å². The summed E-state index contributed by atoms with van der Waals surface area (Å²) in [6, 6.07) is 0. The Morgan fingerprint density at radius 2 is 2.00 bits per heavy atom. The zero-order valence-corrected chi connectivity index (χ0v) is 6.69. The van der Waals surface area contributed by atoms with Gasteiger partial charge in [-0.05, 0) is 6.92 Å². The zero-order chi connectivity index (χ0) is 9.94. The molecule has 0 radical (unpaired) electrons. The fourth-order valence-corrected chi connectivity index (χ4v) is 0.724. The Kier molecular flexibility index (Phi) is 3.63. The molecule has 0 saturated carbocycles. The van der Waals surface area contributed by atoms with Gasteiger partial charge in [0.2, 0.25) is 6.10 Å². The normalized spacial score (nSPS) is 16.8. The lowest BCUT2D eigenvalue weighted by Gasteiger charge is -2.20. The van der Waals surface area contributed by atoms with Crippen LogP contribution < -0.4 is 0 Å². The second-order valence-corrected chi connectivity index (χ2v) is 2.71. The average Bonchev–Trinajstić information content (AvgIpc) is 1.79. The Labute approximate surface area is 71.1 Å². The first-order valence-corrected chi connectivity index (χ1v) is 3.29. The molecule has 0 aliphatic carbocycles. The minimum atomic E-state index is -4.76. The highest BCUT2D eigenvalue weighted by Crippen LogP contribution is 2.27. The lowest BCUT2D eigenvalue weighted by molar-refractivity contribution is -0.206. The first kappa shape index (κ1) is 11.4. The summed E-state index contributed by atoms with van der Waals surface area (Å²) in [7, 11) is 0. The van der Waals surface area contributed by atoms with E-state index in [0.29, 0.717) is 0 Å². The zero-order valence-electron chi connectivity index (χ0n) is 5.93. The smallest absolute Gasteiger partial charge is 0.450 e. The van der Waals surface area contributed by atoms with Crippen LogP contribution in [0.4, 0.5) is 18.0 Å².